The van der Waals surface area contributed by atoms with E-state index in [0.717, 1.165) is 30.8 Å². The van der Waals surface area contributed by atoms with Crippen LogP contribution in [0.5, 0.6) is 0 Å². The lowest BCUT2D eigenvalue weighted by molar-refractivity contribution is -0.120. The number of aryl methyl sites for hydroxylation is 1. The molecular weight excluding hydrogens is 310 g/mol. The molecule has 1 aliphatic heterocycles. The fourth-order valence-electron chi connectivity index (χ4n) is 2.58. The van der Waals surface area contributed by atoms with Gasteiger partial charge in [0.2, 0.25) is 5.91 Å². The number of anilines is 2. The van der Waals surface area contributed by atoms with Gasteiger partial charge in [0.05, 0.1) is 35.5 Å². The summed E-state index contributed by atoms with van der Waals surface area (Å²) >= 11 is 1.44. The van der Waals surface area contributed by atoms with Gasteiger partial charge in [-0.2, -0.15) is 5.26 Å². The van der Waals surface area contributed by atoms with Crippen LogP contribution in [0.15, 0.2) is 29.6 Å². The average molecular weight is 327 g/mol. The summed E-state index contributed by atoms with van der Waals surface area (Å²) in [4.78, 5) is 18.9. The highest BCUT2D eigenvalue weighted by atomic mass is 32.1. The SMILES string of the molecule is Cc1csc(N(C(=O)CC2CCCO2)c2ccc(C#N)cc2)n1. The number of ether oxygens (including phenoxy) is 1. The van der Waals surface area contributed by atoms with Crippen molar-refractivity contribution in [3.63, 3.8) is 0 Å². The molecule has 118 valence electrons. The van der Waals surface area contributed by atoms with E-state index in [1.165, 1.54) is 11.3 Å². The number of nitrogens with zero attached hydrogens (tertiary/aromatic N) is 3. The first-order valence-corrected chi connectivity index (χ1v) is 8.42. The van der Waals surface area contributed by atoms with Crippen molar-refractivity contribution in [3.8, 4) is 6.07 Å². The fraction of sp³-hybridized carbons (Fsp3) is 0.353. The Morgan fingerprint density at radius 2 is 2.26 bits per heavy atom. The van der Waals surface area contributed by atoms with Crippen molar-refractivity contribution in [2.45, 2.75) is 32.3 Å². The van der Waals surface area contributed by atoms with E-state index < -0.39 is 0 Å². The first kappa shape index (κ1) is 15.7. The van der Waals surface area contributed by atoms with Crippen molar-refractivity contribution in [1.82, 2.24) is 4.98 Å². The molecule has 1 atom stereocenters. The Hall–Kier alpha value is -2.23. The van der Waals surface area contributed by atoms with Crippen molar-refractivity contribution in [1.29, 1.82) is 5.26 Å². The molecule has 1 amide bonds. The zero-order valence-electron chi connectivity index (χ0n) is 12.9. The lowest BCUT2D eigenvalue weighted by atomic mass is 10.1. The Kier molecular flexibility index (Phi) is 4.70. The third-order valence-corrected chi connectivity index (χ3v) is 4.67. The summed E-state index contributed by atoms with van der Waals surface area (Å²) in [5.41, 5.74) is 2.17. The second-order valence-corrected chi connectivity index (χ2v) is 6.33. The molecule has 1 aromatic heterocycles. The van der Waals surface area contributed by atoms with Gasteiger partial charge in [-0.05, 0) is 44.0 Å². The molecule has 1 aromatic carbocycles. The number of rotatable bonds is 4. The maximum atomic E-state index is 12.8. The smallest absolute Gasteiger partial charge is 0.235 e. The lowest BCUT2D eigenvalue weighted by Crippen LogP contribution is -2.29. The zero-order chi connectivity index (χ0) is 16.2. The highest BCUT2D eigenvalue weighted by Crippen LogP contribution is 2.30. The van der Waals surface area contributed by atoms with Crippen LogP contribution in [-0.2, 0) is 9.53 Å². The largest absolute Gasteiger partial charge is 0.378 e. The summed E-state index contributed by atoms with van der Waals surface area (Å²) in [6.07, 6.45) is 2.26. The van der Waals surface area contributed by atoms with Gasteiger partial charge in [0.1, 0.15) is 0 Å². The second kappa shape index (κ2) is 6.90. The van der Waals surface area contributed by atoms with Gasteiger partial charge in [-0.25, -0.2) is 4.98 Å². The summed E-state index contributed by atoms with van der Waals surface area (Å²) < 4.78 is 5.58. The van der Waals surface area contributed by atoms with Gasteiger partial charge in [0, 0.05) is 12.0 Å². The predicted molar refractivity (Wildman–Crippen MR) is 88.7 cm³/mol. The fourth-order valence-corrected chi connectivity index (χ4v) is 3.42. The molecule has 2 aromatic rings. The summed E-state index contributed by atoms with van der Waals surface area (Å²) in [7, 11) is 0. The number of aromatic nitrogens is 1. The Labute approximate surface area is 139 Å². The van der Waals surface area contributed by atoms with Crippen LogP contribution in [0.1, 0.15) is 30.5 Å². The Bertz CT molecular complexity index is 727. The van der Waals surface area contributed by atoms with Gasteiger partial charge in [0.15, 0.2) is 5.13 Å². The van der Waals surface area contributed by atoms with E-state index in [1.807, 2.05) is 12.3 Å². The van der Waals surface area contributed by atoms with E-state index in [4.69, 9.17) is 10.00 Å². The maximum Gasteiger partial charge on any atom is 0.235 e. The van der Waals surface area contributed by atoms with Gasteiger partial charge >= 0.3 is 0 Å². The first-order chi connectivity index (χ1) is 11.2. The number of nitriles is 1. The Morgan fingerprint density at radius 3 is 2.83 bits per heavy atom. The molecule has 0 N–H and O–H groups in total. The third-order valence-electron chi connectivity index (χ3n) is 3.73. The van der Waals surface area contributed by atoms with Crippen LogP contribution in [0.3, 0.4) is 0 Å². The van der Waals surface area contributed by atoms with Crippen LogP contribution in [0.25, 0.3) is 0 Å². The van der Waals surface area contributed by atoms with E-state index in [9.17, 15) is 4.79 Å². The number of hydrogen-bond donors (Lipinski definition) is 0. The molecule has 2 heterocycles. The molecule has 23 heavy (non-hydrogen) atoms. The molecule has 0 radical (unpaired) electrons. The van der Waals surface area contributed by atoms with Gasteiger partial charge < -0.3 is 4.74 Å². The quantitative estimate of drug-likeness (QED) is 0.861. The van der Waals surface area contributed by atoms with Crippen molar-refractivity contribution in [2.75, 3.05) is 11.5 Å². The van der Waals surface area contributed by atoms with Crippen molar-refractivity contribution in [3.05, 3.63) is 40.9 Å². The monoisotopic (exact) mass is 327 g/mol. The van der Waals surface area contributed by atoms with Gasteiger partial charge in [0.25, 0.3) is 0 Å². The summed E-state index contributed by atoms with van der Waals surface area (Å²) in [6.45, 7) is 2.63. The minimum atomic E-state index is -0.0315. The van der Waals surface area contributed by atoms with Crippen LogP contribution in [0.4, 0.5) is 10.8 Å². The normalized spacial score (nSPS) is 17.0. The number of carbonyl (C=O) groups excluding carboxylic acids is 1. The van der Waals surface area contributed by atoms with E-state index >= 15 is 0 Å². The molecule has 1 fully saturated rings. The van der Waals surface area contributed by atoms with E-state index in [1.54, 1.807) is 29.2 Å². The molecule has 1 aliphatic rings. The molecule has 5 nitrogen and oxygen atoms in total. The third kappa shape index (κ3) is 3.58. The summed E-state index contributed by atoms with van der Waals surface area (Å²) in [6, 6.07) is 9.07. The molecular formula is C17H17N3O2S. The maximum absolute atomic E-state index is 12.8. The second-order valence-electron chi connectivity index (χ2n) is 5.50. The minimum Gasteiger partial charge on any atom is -0.378 e. The van der Waals surface area contributed by atoms with Crippen molar-refractivity contribution in [2.24, 2.45) is 0 Å². The highest BCUT2D eigenvalue weighted by Gasteiger charge is 2.26. The highest BCUT2D eigenvalue weighted by molar-refractivity contribution is 7.14. The number of carbonyl (C=O) groups is 1. The first-order valence-electron chi connectivity index (χ1n) is 7.54. The van der Waals surface area contributed by atoms with Crippen LogP contribution in [0.2, 0.25) is 0 Å². The number of thiazole rings is 1. The molecule has 0 saturated carbocycles. The Balaban J connectivity index is 1.89. The van der Waals surface area contributed by atoms with E-state index in [2.05, 4.69) is 11.1 Å². The van der Waals surface area contributed by atoms with Crippen LogP contribution in [0, 0.1) is 18.3 Å². The van der Waals surface area contributed by atoms with Crippen LogP contribution >= 0.6 is 11.3 Å². The summed E-state index contributed by atoms with van der Waals surface area (Å²) in [5.74, 6) is -0.0315. The van der Waals surface area contributed by atoms with E-state index in [-0.39, 0.29) is 12.0 Å². The standard InChI is InChI=1S/C17H17N3O2S/c1-12-11-23-17(19-12)20(14-6-4-13(10-18)5-7-14)16(21)9-15-3-2-8-22-15/h4-7,11,15H,2-3,8-9H2,1H3. The Morgan fingerprint density at radius 1 is 1.48 bits per heavy atom. The molecule has 1 saturated heterocycles. The number of hydrogen-bond acceptors (Lipinski definition) is 5. The van der Waals surface area contributed by atoms with Gasteiger partial charge in [-0.3, -0.25) is 9.69 Å². The number of benzene rings is 1. The molecule has 3 rings (SSSR count). The van der Waals surface area contributed by atoms with Crippen molar-refractivity contribution >= 4 is 28.1 Å². The molecule has 1 unspecified atom stereocenters. The summed E-state index contributed by atoms with van der Waals surface area (Å²) in [5, 5.41) is 11.5. The molecule has 0 aliphatic carbocycles. The molecule has 6 heteroatoms. The van der Waals surface area contributed by atoms with Gasteiger partial charge in [-0.15, -0.1) is 11.3 Å². The molecule has 0 bridgehead atoms. The van der Waals surface area contributed by atoms with E-state index in [0.29, 0.717) is 17.1 Å². The number of amides is 1. The van der Waals surface area contributed by atoms with Crippen LogP contribution in [-0.4, -0.2) is 23.6 Å². The topological polar surface area (TPSA) is 66.2 Å². The van der Waals surface area contributed by atoms with Gasteiger partial charge in [-0.1, -0.05) is 0 Å². The van der Waals surface area contributed by atoms with Crippen LogP contribution < -0.4 is 4.90 Å². The zero-order valence-corrected chi connectivity index (χ0v) is 13.7. The average Bonchev–Trinajstić information content (AvgIpc) is 3.20. The lowest BCUT2D eigenvalue weighted by Gasteiger charge is -2.21. The predicted octanol–water partition coefficient (Wildman–Crippen LogP) is 3.56. The minimum absolute atomic E-state index is 0.00978. The molecule has 0 spiro atoms. The van der Waals surface area contributed by atoms with Crippen molar-refractivity contribution < 1.29 is 9.53 Å².